The quantitative estimate of drug-likeness (QED) is 0.826. The van der Waals surface area contributed by atoms with Gasteiger partial charge in [0.2, 0.25) is 0 Å². The molecule has 4 heteroatoms. The third kappa shape index (κ3) is 2.50. The maximum atomic E-state index is 12.8. The Morgan fingerprint density at radius 2 is 2.00 bits per heavy atom. The van der Waals surface area contributed by atoms with E-state index in [9.17, 15) is 4.79 Å². The highest BCUT2D eigenvalue weighted by Gasteiger charge is 2.32. The Hall–Kier alpha value is -1.26. The molecule has 0 aliphatic carbocycles. The minimum atomic E-state index is 0.157. The Balaban J connectivity index is 1.89. The molecule has 0 N–H and O–H groups in total. The van der Waals surface area contributed by atoms with Crippen molar-refractivity contribution < 1.29 is 4.79 Å². The number of hydrogen-bond donors (Lipinski definition) is 0. The van der Waals surface area contributed by atoms with Gasteiger partial charge in [0.1, 0.15) is 5.37 Å². The van der Waals surface area contributed by atoms with Crippen LogP contribution >= 0.6 is 23.1 Å². The SMILES string of the molecule is Cc1ccc([C@H]2SCCN2C(=O)c2ccccc2C)s1. The Labute approximate surface area is 127 Å². The molecule has 20 heavy (non-hydrogen) atoms. The van der Waals surface area contributed by atoms with Crippen molar-refractivity contribution in [3.8, 4) is 0 Å². The number of nitrogens with zero attached hydrogens (tertiary/aromatic N) is 1. The maximum absolute atomic E-state index is 12.8. The van der Waals surface area contributed by atoms with Crippen LogP contribution in [0.2, 0.25) is 0 Å². The lowest BCUT2D eigenvalue weighted by Gasteiger charge is -2.23. The van der Waals surface area contributed by atoms with Crippen LogP contribution in [0.5, 0.6) is 0 Å². The summed E-state index contributed by atoms with van der Waals surface area (Å²) < 4.78 is 0. The van der Waals surface area contributed by atoms with Crippen molar-refractivity contribution in [1.82, 2.24) is 4.90 Å². The van der Waals surface area contributed by atoms with Crippen molar-refractivity contribution in [2.45, 2.75) is 19.2 Å². The van der Waals surface area contributed by atoms with Crippen molar-refractivity contribution in [2.75, 3.05) is 12.3 Å². The van der Waals surface area contributed by atoms with E-state index < -0.39 is 0 Å². The Kier molecular flexibility index (Phi) is 3.85. The van der Waals surface area contributed by atoms with Crippen molar-refractivity contribution in [3.63, 3.8) is 0 Å². The second kappa shape index (κ2) is 5.62. The van der Waals surface area contributed by atoms with Crippen LogP contribution in [0.3, 0.4) is 0 Å². The highest BCUT2D eigenvalue weighted by Crippen LogP contribution is 2.41. The fraction of sp³-hybridized carbons (Fsp3) is 0.312. The van der Waals surface area contributed by atoms with Crippen molar-refractivity contribution >= 4 is 29.0 Å². The minimum Gasteiger partial charge on any atom is -0.321 e. The largest absolute Gasteiger partial charge is 0.321 e. The molecule has 2 aromatic rings. The molecule has 1 saturated heterocycles. The van der Waals surface area contributed by atoms with E-state index in [0.717, 1.165) is 23.4 Å². The minimum absolute atomic E-state index is 0.157. The van der Waals surface area contributed by atoms with E-state index in [2.05, 4.69) is 19.1 Å². The van der Waals surface area contributed by atoms with Crippen molar-refractivity contribution in [1.29, 1.82) is 0 Å². The van der Waals surface area contributed by atoms with Gasteiger partial charge in [0.15, 0.2) is 0 Å². The number of carbonyl (C=O) groups is 1. The first-order chi connectivity index (χ1) is 9.66. The van der Waals surface area contributed by atoms with Crippen molar-refractivity contribution in [3.05, 3.63) is 57.3 Å². The van der Waals surface area contributed by atoms with Crippen LogP contribution in [0, 0.1) is 13.8 Å². The van der Waals surface area contributed by atoms with Crippen LogP contribution in [-0.2, 0) is 0 Å². The summed E-state index contributed by atoms with van der Waals surface area (Å²) in [6, 6.07) is 12.1. The summed E-state index contributed by atoms with van der Waals surface area (Å²) in [5.41, 5.74) is 1.88. The molecular weight excluding hydrogens is 286 g/mol. The summed E-state index contributed by atoms with van der Waals surface area (Å²) in [7, 11) is 0. The molecule has 1 aliphatic rings. The molecule has 1 aliphatic heterocycles. The monoisotopic (exact) mass is 303 g/mol. The summed E-state index contributed by atoms with van der Waals surface area (Å²) in [4.78, 5) is 17.4. The predicted octanol–water partition coefficient (Wildman–Crippen LogP) is 4.25. The van der Waals surface area contributed by atoms with E-state index in [1.54, 1.807) is 11.3 Å². The van der Waals surface area contributed by atoms with Crippen LogP contribution in [0.15, 0.2) is 36.4 Å². The van der Waals surface area contributed by atoms with Crippen molar-refractivity contribution in [2.24, 2.45) is 0 Å². The van der Waals surface area contributed by atoms with Crippen LogP contribution in [0.4, 0.5) is 0 Å². The van der Waals surface area contributed by atoms with Crippen LogP contribution in [0.25, 0.3) is 0 Å². The van der Waals surface area contributed by atoms with Gasteiger partial charge in [-0.3, -0.25) is 4.79 Å². The van der Waals surface area contributed by atoms with E-state index >= 15 is 0 Å². The fourth-order valence-corrected chi connectivity index (χ4v) is 4.84. The first-order valence-electron chi connectivity index (χ1n) is 6.71. The van der Waals surface area contributed by atoms with E-state index in [-0.39, 0.29) is 11.3 Å². The molecule has 0 radical (unpaired) electrons. The van der Waals surface area contributed by atoms with E-state index in [1.165, 1.54) is 9.75 Å². The van der Waals surface area contributed by atoms with Gasteiger partial charge in [-0.1, -0.05) is 18.2 Å². The number of benzene rings is 1. The zero-order valence-electron chi connectivity index (χ0n) is 11.6. The zero-order chi connectivity index (χ0) is 14.1. The highest BCUT2D eigenvalue weighted by atomic mass is 32.2. The molecule has 104 valence electrons. The summed E-state index contributed by atoms with van der Waals surface area (Å²) in [6.07, 6.45) is 0. The van der Waals surface area contributed by atoms with E-state index in [1.807, 2.05) is 47.9 Å². The summed E-state index contributed by atoms with van der Waals surface area (Å²) in [6.45, 7) is 4.95. The number of carbonyl (C=O) groups excluding carboxylic acids is 1. The van der Waals surface area contributed by atoms with Gasteiger partial charge in [-0.25, -0.2) is 0 Å². The average molecular weight is 303 g/mol. The van der Waals surface area contributed by atoms with Gasteiger partial charge < -0.3 is 4.90 Å². The molecule has 0 saturated carbocycles. The van der Waals surface area contributed by atoms with Crippen LogP contribution < -0.4 is 0 Å². The van der Waals surface area contributed by atoms with E-state index in [4.69, 9.17) is 0 Å². The smallest absolute Gasteiger partial charge is 0.255 e. The Morgan fingerprint density at radius 1 is 1.20 bits per heavy atom. The van der Waals surface area contributed by atoms with Gasteiger partial charge in [-0.15, -0.1) is 23.1 Å². The van der Waals surface area contributed by atoms with E-state index in [0.29, 0.717) is 0 Å². The zero-order valence-corrected chi connectivity index (χ0v) is 13.3. The molecule has 2 nitrogen and oxygen atoms in total. The number of thiophene rings is 1. The molecule has 2 heterocycles. The first-order valence-corrected chi connectivity index (χ1v) is 8.58. The summed E-state index contributed by atoms with van der Waals surface area (Å²) in [5, 5.41) is 0.181. The third-order valence-corrected chi connectivity index (χ3v) is 5.98. The molecule has 1 aromatic heterocycles. The Bertz CT molecular complexity index is 635. The van der Waals surface area contributed by atoms with Gasteiger partial charge in [0, 0.05) is 27.6 Å². The lowest BCUT2D eigenvalue weighted by molar-refractivity contribution is 0.0761. The number of rotatable bonds is 2. The lowest BCUT2D eigenvalue weighted by atomic mass is 10.1. The Morgan fingerprint density at radius 3 is 2.70 bits per heavy atom. The maximum Gasteiger partial charge on any atom is 0.255 e. The fourth-order valence-electron chi connectivity index (χ4n) is 2.47. The molecule has 1 amide bonds. The molecule has 0 bridgehead atoms. The lowest BCUT2D eigenvalue weighted by Crippen LogP contribution is -2.30. The number of amides is 1. The van der Waals surface area contributed by atoms with Crippen LogP contribution in [-0.4, -0.2) is 23.1 Å². The second-order valence-corrected chi connectivity index (χ2v) is 7.49. The second-order valence-electron chi connectivity index (χ2n) is 4.99. The van der Waals surface area contributed by atoms with Gasteiger partial charge in [-0.05, 0) is 37.6 Å². The molecule has 1 atom stereocenters. The molecule has 1 fully saturated rings. The standard InChI is InChI=1S/C16H17NOS2/c1-11-5-3-4-6-13(11)15(18)17-9-10-19-16(17)14-8-7-12(2)20-14/h3-8,16H,9-10H2,1-2H3/t16-/m1/s1. The molecule has 0 spiro atoms. The predicted molar refractivity (Wildman–Crippen MR) is 86.5 cm³/mol. The van der Waals surface area contributed by atoms with Gasteiger partial charge in [-0.2, -0.15) is 0 Å². The third-order valence-electron chi connectivity index (χ3n) is 3.53. The number of hydrogen-bond acceptors (Lipinski definition) is 3. The normalized spacial score (nSPS) is 18.5. The highest BCUT2D eigenvalue weighted by molar-refractivity contribution is 7.99. The number of thioether (sulfide) groups is 1. The summed E-state index contributed by atoms with van der Waals surface area (Å²) >= 11 is 3.65. The van der Waals surface area contributed by atoms with Gasteiger partial charge in [0.25, 0.3) is 5.91 Å². The molecule has 1 aromatic carbocycles. The molecule has 3 rings (SSSR count). The summed E-state index contributed by atoms with van der Waals surface area (Å²) in [5.74, 6) is 1.17. The first kappa shape index (κ1) is 13.7. The topological polar surface area (TPSA) is 20.3 Å². The average Bonchev–Trinajstić information content (AvgIpc) is 3.06. The van der Waals surface area contributed by atoms with Crippen LogP contribution in [0.1, 0.15) is 31.0 Å². The van der Waals surface area contributed by atoms with Gasteiger partial charge in [0.05, 0.1) is 0 Å². The molecular formula is C16H17NOS2. The molecule has 0 unspecified atom stereocenters. The number of aryl methyl sites for hydroxylation is 2. The van der Waals surface area contributed by atoms with Gasteiger partial charge >= 0.3 is 0 Å².